The second-order valence-corrected chi connectivity index (χ2v) is 7.47. The molecule has 0 aromatic heterocycles. The average Bonchev–Trinajstić information content (AvgIpc) is 2.44. The quantitative estimate of drug-likeness (QED) is 0.250. The SMILES string of the molecule is CCCCCCCCCCCCCC(=O)C(CO)S(=O)(=O)[O-].[K+]. The van der Waals surface area contributed by atoms with Gasteiger partial charge in [0.1, 0.15) is 15.4 Å². The predicted molar refractivity (Wildman–Crippen MR) is 86.7 cm³/mol. The molecule has 0 aromatic carbocycles. The Morgan fingerprint density at radius 2 is 1.30 bits per heavy atom. The van der Waals surface area contributed by atoms with Gasteiger partial charge in [0.2, 0.25) is 0 Å². The van der Waals surface area contributed by atoms with Gasteiger partial charge >= 0.3 is 51.4 Å². The van der Waals surface area contributed by atoms with Gasteiger partial charge in [-0.2, -0.15) is 0 Å². The third-order valence-electron chi connectivity index (χ3n) is 3.90. The van der Waals surface area contributed by atoms with Gasteiger partial charge in [-0.1, -0.05) is 71.1 Å². The summed E-state index contributed by atoms with van der Waals surface area (Å²) in [7, 11) is -4.73. The summed E-state index contributed by atoms with van der Waals surface area (Å²) in [6.45, 7) is 1.29. The van der Waals surface area contributed by atoms with E-state index in [1.165, 1.54) is 44.9 Å². The van der Waals surface area contributed by atoms with E-state index < -0.39 is 27.8 Å². The first-order chi connectivity index (χ1) is 10.4. The Bertz CT molecular complexity index is 384. The Morgan fingerprint density at radius 1 is 0.913 bits per heavy atom. The summed E-state index contributed by atoms with van der Waals surface area (Å²) < 4.78 is 32.3. The fraction of sp³-hybridized carbons (Fsp3) is 0.938. The molecule has 0 aliphatic carbocycles. The van der Waals surface area contributed by atoms with Crippen molar-refractivity contribution in [2.75, 3.05) is 6.61 Å². The molecule has 0 radical (unpaired) electrons. The second-order valence-electron chi connectivity index (χ2n) is 5.92. The van der Waals surface area contributed by atoms with Crippen LogP contribution in [0.3, 0.4) is 0 Å². The van der Waals surface area contributed by atoms with Crippen LogP contribution in [-0.4, -0.2) is 35.7 Å². The molecule has 0 spiro atoms. The van der Waals surface area contributed by atoms with Crippen LogP contribution in [0.4, 0.5) is 0 Å². The van der Waals surface area contributed by atoms with E-state index in [2.05, 4.69) is 6.92 Å². The number of aliphatic hydroxyl groups is 1. The maximum absolute atomic E-state index is 11.5. The molecular weight excluding hydrogens is 343 g/mol. The number of carbonyl (C=O) groups is 1. The van der Waals surface area contributed by atoms with Crippen LogP contribution in [0, 0.1) is 0 Å². The van der Waals surface area contributed by atoms with Gasteiger partial charge in [0.05, 0.1) is 6.61 Å². The summed E-state index contributed by atoms with van der Waals surface area (Å²) in [5, 5.41) is 7.03. The molecule has 132 valence electrons. The van der Waals surface area contributed by atoms with Gasteiger partial charge < -0.3 is 9.66 Å². The van der Waals surface area contributed by atoms with Crippen molar-refractivity contribution >= 4 is 15.9 Å². The Balaban J connectivity index is 0. The summed E-state index contributed by atoms with van der Waals surface area (Å²) in [6, 6.07) is 0. The number of hydrogen-bond acceptors (Lipinski definition) is 5. The first kappa shape index (κ1) is 26.4. The van der Waals surface area contributed by atoms with E-state index in [4.69, 9.17) is 5.11 Å². The van der Waals surface area contributed by atoms with Crippen molar-refractivity contribution in [1.82, 2.24) is 0 Å². The van der Waals surface area contributed by atoms with E-state index in [0.717, 1.165) is 19.3 Å². The molecule has 0 saturated heterocycles. The monoisotopic (exact) mass is 374 g/mol. The van der Waals surface area contributed by atoms with Crippen LogP contribution in [0.2, 0.25) is 0 Å². The molecule has 23 heavy (non-hydrogen) atoms. The minimum atomic E-state index is -4.73. The van der Waals surface area contributed by atoms with Crippen LogP contribution in [-0.2, 0) is 14.9 Å². The zero-order valence-electron chi connectivity index (χ0n) is 14.8. The molecule has 0 bridgehead atoms. The molecule has 0 fully saturated rings. The van der Waals surface area contributed by atoms with Crippen molar-refractivity contribution in [3.8, 4) is 0 Å². The Hall–Kier alpha value is 1.18. The number of aliphatic hydroxyl groups excluding tert-OH is 1. The van der Waals surface area contributed by atoms with Crippen molar-refractivity contribution in [2.24, 2.45) is 0 Å². The molecule has 0 aliphatic rings. The van der Waals surface area contributed by atoms with Gasteiger partial charge in [-0.15, -0.1) is 0 Å². The third kappa shape index (κ3) is 15.2. The zero-order chi connectivity index (χ0) is 16.8. The Morgan fingerprint density at radius 3 is 1.65 bits per heavy atom. The van der Waals surface area contributed by atoms with Crippen molar-refractivity contribution in [3.05, 3.63) is 0 Å². The van der Waals surface area contributed by atoms with E-state index in [-0.39, 0.29) is 57.8 Å². The fourth-order valence-electron chi connectivity index (χ4n) is 2.48. The van der Waals surface area contributed by atoms with E-state index >= 15 is 0 Å². The maximum Gasteiger partial charge on any atom is 1.00 e. The van der Waals surface area contributed by atoms with E-state index in [0.29, 0.717) is 6.42 Å². The van der Waals surface area contributed by atoms with E-state index in [1.807, 2.05) is 0 Å². The number of carbonyl (C=O) groups excluding carboxylic acids is 1. The second kappa shape index (κ2) is 16.6. The molecule has 0 aromatic rings. The molecule has 7 heteroatoms. The van der Waals surface area contributed by atoms with Crippen molar-refractivity contribution in [3.63, 3.8) is 0 Å². The first-order valence-corrected chi connectivity index (χ1v) is 9.99. The predicted octanol–water partition coefficient (Wildman–Crippen LogP) is 0.167. The summed E-state index contributed by atoms with van der Waals surface area (Å²) in [4.78, 5) is 11.5. The van der Waals surface area contributed by atoms with Gasteiger partial charge in [-0.3, -0.25) is 4.79 Å². The number of Topliss-reactive ketones (excluding diaryl/α,β-unsaturated/α-hetero) is 1. The average molecular weight is 375 g/mol. The van der Waals surface area contributed by atoms with Crippen LogP contribution in [0.25, 0.3) is 0 Å². The number of rotatable bonds is 15. The van der Waals surface area contributed by atoms with Gasteiger partial charge in [-0.05, 0) is 6.42 Å². The zero-order valence-corrected chi connectivity index (χ0v) is 18.7. The molecule has 1 unspecified atom stereocenters. The minimum absolute atomic E-state index is 0. The number of hydrogen-bond donors (Lipinski definition) is 1. The molecule has 1 N–H and O–H groups in total. The van der Waals surface area contributed by atoms with Gasteiger partial charge in [0, 0.05) is 6.42 Å². The first-order valence-electron chi connectivity index (χ1n) is 8.51. The van der Waals surface area contributed by atoms with E-state index in [1.54, 1.807) is 0 Å². The largest absolute Gasteiger partial charge is 1.00 e. The molecule has 0 amide bonds. The molecule has 0 heterocycles. The molecule has 0 aliphatic heterocycles. The molecule has 0 rings (SSSR count). The molecule has 5 nitrogen and oxygen atoms in total. The van der Waals surface area contributed by atoms with Crippen molar-refractivity contribution < 1.29 is 74.3 Å². The van der Waals surface area contributed by atoms with Crippen LogP contribution < -0.4 is 51.4 Å². The van der Waals surface area contributed by atoms with E-state index in [9.17, 15) is 17.8 Å². The van der Waals surface area contributed by atoms with Gasteiger partial charge in [0.25, 0.3) is 0 Å². The Kier molecular flexibility index (Phi) is 19.1. The van der Waals surface area contributed by atoms with Crippen LogP contribution in [0.5, 0.6) is 0 Å². The third-order valence-corrected chi connectivity index (χ3v) is 5.01. The number of unbranched alkanes of at least 4 members (excludes halogenated alkanes) is 10. The Labute approximate surface area is 184 Å². The molecule has 1 atom stereocenters. The summed E-state index contributed by atoms with van der Waals surface area (Å²) in [5.74, 6) is -0.659. The summed E-state index contributed by atoms with van der Waals surface area (Å²) in [6.07, 6.45) is 12.6. The minimum Gasteiger partial charge on any atom is -0.747 e. The maximum atomic E-state index is 11.5. The van der Waals surface area contributed by atoms with Gasteiger partial charge in [-0.25, -0.2) is 8.42 Å². The molecular formula is C16H31KO5S. The van der Waals surface area contributed by atoms with Crippen LogP contribution in [0.1, 0.15) is 84.0 Å². The van der Waals surface area contributed by atoms with Crippen LogP contribution in [0.15, 0.2) is 0 Å². The number of ketones is 1. The van der Waals surface area contributed by atoms with Crippen LogP contribution >= 0.6 is 0 Å². The van der Waals surface area contributed by atoms with Crippen molar-refractivity contribution in [2.45, 2.75) is 89.2 Å². The summed E-state index contributed by atoms with van der Waals surface area (Å²) >= 11 is 0. The van der Waals surface area contributed by atoms with Gasteiger partial charge in [0.15, 0.2) is 5.78 Å². The smallest absolute Gasteiger partial charge is 0.747 e. The fourth-order valence-corrected chi connectivity index (χ4v) is 3.10. The standard InChI is InChI=1S/C16H32O5S.K/c1-2-3-4-5-6-7-8-9-10-11-12-13-15(18)16(14-17)22(19,20)21;/h16-17H,2-14H2,1H3,(H,19,20,21);/q;+1/p-1. The molecule has 0 saturated carbocycles. The topological polar surface area (TPSA) is 94.5 Å². The summed E-state index contributed by atoms with van der Waals surface area (Å²) in [5.41, 5.74) is 0. The normalized spacial score (nSPS) is 12.7. The van der Waals surface area contributed by atoms with Crippen molar-refractivity contribution in [1.29, 1.82) is 0 Å².